The van der Waals surface area contributed by atoms with E-state index in [2.05, 4.69) is 15.5 Å². The molecule has 0 aromatic heterocycles. The van der Waals surface area contributed by atoms with Gasteiger partial charge >= 0.3 is 0 Å². The van der Waals surface area contributed by atoms with Crippen molar-refractivity contribution in [3.63, 3.8) is 0 Å². The molecule has 2 aliphatic heterocycles. The van der Waals surface area contributed by atoms with Crippen LogP contribution in [-0.2, 0) is 9.53 Å². The van der Waals surface area contributed by atoms with Gasteiger partial charge in [0, 0.05) is 20.1 Å². The standard InChI is InChI=1S/C12H23N3O2/c1-13-12(16)11-9-17-6-5-15(11)8-10-3-2-4-14-7-10/h10-11,14H,2-9H2,1H3,(H,13,16). The normalized spacial score (nSPS) is 31.1. The molecule has 1 amide bonds. The molecule has 2 heterocycles. The molecular weight excluding hydrogens is 218 g/mol. The van der Waals surface area contributed by atoms with Crippen molar-refractivity contribution in [3.05, 3.63) is 0 Å². The highest BCUT2D eigenvalue weighted by molar-refractivity contribution is 5.81. The molecule has 2 saturated heterocycles. The van der Waals surface area contributed by atoms with E-state index in [4.69, 9.17) is 4.74 Å². The number of hydrogen-bond donors (Lipinski definition) is 2. The minimum Gasteiger partial charge on any atom is -0.378 e. The first-order valence-electron chi connectivity index (χ1n) is 6.55. The second-order valence-electron chi connectivity index (χ2n) is 4.91. The van der Waals surface area contributed by atoms with Gasteiger partial charge in [-0.25, -0.2) is 0 Å². The van der Waals surface area contributed by atoms with Crippen LogP contribution >= 0.6 is 0 Å². The first kappa shape index (κ1) is 12.8. The van der Waals surface area contributed by atoms with Gasteiger partial charge in [0.05, 0.1) is 13.2 Å². The quantitative estimate of drug-likeness (QED) is 0.695. The number of amides is 1. The molecular formula is C12H23N3O2. The number of rotatable bonds is 3. The number of nitrogens with one attached hydrogen (secondary N) is 2. The molecule has 0 radical (unpaired) electrons. The van der Waals surface area contributed by atoms with E-state index in [1.165, 1.54) is 12.8 Å². The Labute approximate surface area is 103 Å². The van der Waals surface area contributed by atoms with Gasteiger partial charge in [0.1, 0.15) is 6.04 Å². The smallest absolute Gasteiger partial charge is 0.239 e. The Hall–Kier alpha value is -0.650. The second kappa shape index (κ2) is 6.33. The summed E-state index contributed by atoms with van der Waals surface area (Å²) in [6.07, 6.45) is 2.52. The van der Waals surface area contributed by atoms with E-state index in [0.717, 1.165) is 32.8 Å². The van der Waals surface area contributed by atoms with Gasteiger partial charge in [0.2, 0.25) is 5.91 Å². The van der Waals surface area contributed by atoms with Gasteiger partial charge in [-0.2, -0.15) is 0 Å². The van der Waals surface area contributed by atoms with Crippen LogP contribution in [0.1, 0.15) is 12.8 Å². The second-order valence-corrected chi connectivity index (χ2v) is 4.91. The first-order valence-corrected chi connectivity index (χ1v) is 6.55. The van der Waals surface area contributed by atoms with Crippen LogP contribution in [0.5, 0.6) is 0 Å². The van der Waals surface area contributed by atoms with Gasteiger partial charge in [-0.05, 0) is 31.8 Å². The van der Waals surface area contributed by atoms with Gasteiger partial charge in [-0.3, -0.25) is 9.69 Å². The Morgan fingerprint density at radius 1 is 1.59 bits per heavy atom. The number of nitrogens with zero attached hydrogens (tertiary/aromatic N) is 1. The number of hydrogen-bond acceptors (Lipinski definition) is 4. The Morgan fingerprint density at radius 2 is 2.47 bits per heavy atom. The lowest BCUT2D eigenvalue weighted by atomic mass is 9.98. The van der Waals surface area contributed by atoms with Crippen LogP contribution in [0.25, 0.3) is 0 Å². The van der Waals surface area contributed by atoms with E-state index in [-0.39, 0.29) is 11.9 Å². The third-order valence-electron chi connectivity index (χ3n) is 3.68. The van der Waals surface area contributed by atoms with E-state index in [1.807, 2.05) is 0 Å². The van der Waals surface area contributed by atoms with Crippen molar-refractivity contribution in [1.82, 2.24) is 15.5 Å². The molecule has 0 aliphatic carbocycles. The number of ether oxygens (including phenoxy) is 1. The minimum atomic E-state index is -0.101. The first-order chi connectivity index (χ1) is 8.31. The van der Waals surface area contributed by atoms with Crippen molar-refractivity contribution in [2.24, 2.45) is 5.92 Å². The van der Waals surface area contributed by atoms with Gasteiger partial charge < -0.3 is 15.4 Å². The Bertz CT molecular complexity index is 254. The summed E-state index contributed by atoms with van der Waals surface area (Å²) in [4.78, 5) is 14.0. The zero-order valence-electron chi connectivity index (χ0n) is 10.6. The molecule has 0 saturated carbocycles. The van der Waals surface area contributed by atoms with Crippen LogP contribution in [0.3, 0.4) is 0 Å². The Balaban J connectivity index is 1.88. The third-order valence-corrected chi connectivity index (χ3v) is 3.68. The van der Waals surface area contributed by atoms with Crippen LogP contribution in [0.15, 0.2) is 0 Å². The van der Waals surface area contributed by atoms with E-state index >= 15 is 0 Å². The van der Waals surface area contributed by atoms with E-state index in [9.17, 15) is 4.79 Å². The summed E-state index contributed by atoms with van der Waals surface area (Å²) in [5, 5.41) is 6.15. The van der Waals surface area contributed by atoms with Crippen LogP contribution < -0.4 is 10.6 Å². The lowest BCUT2D eigenvalue weighted by Gasteiger charge is -2.37. The molecule has 0 bridgehead atoms. The summed E-state index contributed by atoms with van der Waals surface area (Å²) in [5.74, 6) is 0.752. The third kappa shape index (κ3) is 3.40. The molecule has 5 heteroatoms. The van der Waals surface area contributed by atoms with E-state index in [1.54, 1.807) is 7.05 Å². The van der Waals surface area contributed by atoms with Crippen molar-refractivity contribution in [2.45, 2.75) is 18.9 Å². The zero-order valence-corrected chi connectivity index (χ0v) is 10.6. The number of carbonyl (C=O) groups is 1. The SMILES string of the molecule is CNC(=O)C1COCCN1CC1CCCNC1. The predicted octanol–water partition coefficient (Wildman–Crippen LogP) is -0.567. The number of likely N-dealkylation sites (N-methyl/N-ethyl adjacent to an activating group) is 1. The molecule has 98 valence electrons. The molecule has 2 fully saturated rings. The lowest BCUT2D eigenvalue weighted by Crippen LogP contribution is -2.55. The Morgan fingerprint density at radius 3 is 3.18 bits per heavy atom. The molecule has 2 aliphatic rings. The summed E-state index contributed by atoms with van der Waals surface area (Å²) < 4.78 is 5.41. The molecule has 2 rings (SSSR count). The molecule has 2 N–H and O–H groups in total. The molecule has 2 unspecified atom stereocenters. The van der Waals surface area contributed by atoms with Crippen LogP contribution in [0, 0.1) is 5.92 Å². The fourth-order valence-corrected chi connectivity index (χ4v) is 2.68. The van der Waals surface area contributed by atoms with Gasteiger partial charge in [0.15, 0.2) is 0 Å². The zero-order chi connectivity index (χ0) is 12.1. The highest BCUT2D eigenvalue weighted by atomic mass is 16.5. The van der Waals surface area contributed by atoms with Gasteiger partial charge in [-0.15, -0.1) is 0 Å². The molecule has 0 aromatic carbocycles. The van der Waals surface area contributed by atoms with Crippen molar-refractivity contribution >= 4 is 5.91 Å². The predicted molar refractivity (Wildman–Crippen MR) is 65.8 cm³/mol. The maximum Gasteiger partial charge on any atom is 0.239 e. The van der Waals surface area contributed by atoms with Crippen LogP contribution in [-0.4, -0.2) is 63.3 Å². The summed E-state index contributed by atoms with van der Waals surface area (Å²) in [6.45, 7) is 5.37. The average Bonchev–Trinajstić information content (AvgIpc) is 2.40. The largest absolute Gasteiger partial charge is 0.378 e. The van der Waals surface area contributed by atoms with Crippen LogP contribution in [0.4, 0.5) is 0 Å². The highest BCUT2D eigenvalue weighted by Gasteiger charge is 2.30. The minimum absolute atomic E-state index is 0.0773. The summed E-state index contributed by atoms with van der Waals surface area (Å²) >= 11 is 0. The topological polar surface area (TPSA) is 53.6 Å². The summed E-state index contributed by atoms with van der Waals surface area (Å²) in [6, 6.07) is -0.101. The average molecular weight is 241 g/mol. The number of morpholine rings is 1. The van der Waals surface area contributed by atoms with Gasteiger partial charge in [-0.1, -0.05) is 0 Å². The lowest BCUT2D eigenvalue weighted by molar-refractivity contribution is -0.132. The summed E-state index contributed by atoms with van der Waals surface area (Å²) in [7, 11) is 1.69. The summed E-state index contributed by atoms with van der Waals surface area (Å²) in [5.41, 5.74) is 0. The van der Waals surface area contributed by atoms with Crippen molar-refractivity contribution in [1.29, 1.82) is 0 Å². The van der Waals surface area contributed by atoms with Crippen molar-refractivity contribution in [3.8, 4) is 0 Å². The molecule has 0 spiro atoms. The molecule has 17 heavy (non-hydrogen) atoms. The molecule has 5 nitrogen and oxygen atoms in total. The van der Waals surface area contributed by atoms with E-state index in [0.29, 0.717) is 12.5 Å². The number of piperidine rings is 1. The number of carbonyl (C=O) groups excluding carboxylic acids is 1. The van der Waals surface area contributed by atoms with Crippen molar-refractivity contribution in [2.75, 3.05) is 46.4 Å². The highest BCUT2D eigenvalue weighted by Crippen LogP contribution is 2.15. The monoisotopic (exact) mass is 241 g/mol. The van der Waals surface area contributed by atoms with E-state index < -0.39 is 0 Å². The Kier molecular flexibility index (Phi) is 4.76. The molecule has 2 atom stereocenters. The fourth-order valence-electron chi connectivity index (χ4n) is 2.68. The maximum absolute atomic E-state index is 11.8. The maximum atomic E-state index is 11.8. The fraction of sp³-hybridized carbons (Fsp3) is 0.917. The van der Waals surface area contributed by atoms with Gasteiger partial charge in [0.25, 0.3) is 0 Å². The molecule has 0 aromatic rings. The van der Waals surface area contributed by atoms with Crippen LogP contribution in [0.2, 0.25) is 0 Å². The van der Waals surface area contributed by atoms with Crippen molar-refractivity contribution < 1.29 is 9.53 Å².